The van der Waals surface area contributed by atoms with Crippen LogP contribution in [-0.4, -0.2) is 64.7 Å². The molecule has 3 aliphatic heterocycles. The normalized spacial score (nSPS) is 19.5. The van der Waals surface area contributed by atoms with Crippen molar-refractivity contribution >= 4 is 17.7 Å². The highest BCUT2D eigenvalue weighted by atomic mass is 19.1. The SMILES string of the molecule is O=C1COc2cccc(c2)-c2ccc(F)c(c2)C(=O)N[C@H]2CN(C(=O)CCc3n[nH]c4c3CCCC4)C[C@@H]2Oc2ccc(cc2)CN1. The fraction of sp³-hybridized carbons (Fsp3) is 0.333. The molecule has 8 rings (SSSR count). The van der Waals surface area contributed by atoms with E-state index in [1.165, 1.54) is 23.4 Å². The van der Waals surface area contributed by atoms with E-state index in [1.54, 1.807) is 41.3 Å². The first-order chi connectivity index (χ1) is 22.9. The van der Waals surface area contributed by atoms with Crippen LogP contribution in [0.5, 0.6) is 11.5 Å². The van der Waals surface area contributed by atoms with Gasteiger partial charge in [0, 0.05) is 31.6 Å². The Morgan fingerprint density at radius 1 is 0.957 bits per heavy atom. The number of carbonyl (C=O) groups excluding carboxylic acids is 3. The lowest BCUT2D eigenvalue weighted by atomic mass is 9.94. The molecule has 4 heterocycles. The molecule has 47 heavy (non-hydrogen) atoms. The summed E-state index contributed by atoms with van der Waals surface area (Å²) in [5, 5.41) is 13.4. The zero-order chi connectivity index (χ0) is 32.3. The molecular weight excluding hydrogens is 601 g/mol. The van der Waals surface area contributed by atoms with Crippen LogP contribution < -0.4 is 20.1 Å². The van der Waals surface area contributed by atoms with Gasteiger partial charge in [0.25, 0.3) is 11.8 Å². The second kappa shape index (κ2) is 13.3. The van der Waals surface area contributed by atoms with Gasteiger partial charge >= 0.3 is 0 Å². The van der Waals surface area contributed by atoms with Crippen molar-refractivity contribution < 1.29 is 28.2 Å². The fourth-order valence-corrected chi connectivity index (χ4v) is 6.53. The van der Waals surface area contributed by atoms with Crippen molar-refractivity contribution in [2.24, 2.45) is 0 Å². The van der Waals surface area contributed by atoms with Crippen molar-refractivity contribution in [1.82, 2.24) is 25.7 Å². The number of amides is 3. The zero-order valence-corrected chi connectivity index (χ0v) is 25.9. The van der Waals surface area contributed by atoms with Crippen LogP contribution in [0.2, 0.25) is 0 Å². The first-order valence-electron chi connectivity index (χ1n) is 16.1. The third-order valence-electron chi connectivity index (χ3n) is 9.10. The van der Waals surface area contributed by atoms with E-state index >= 15 is 4.39 Å². The van der Waals surface area contributed by atoms with Crippen molar-refractivity contribution in [3.05, 3.63) is 101 Å². The standard InChI is InChI=1S/C36H36FN5O5/c37-29-13-10-24-17-28(29)36(45)39-32-19-42(35(44)15-14-31-27-6-1-2-7-30(27)40-41-31)20-33(32)47-25-11-8-22(9-12-25)18-38-34(43)21-46-26-5-3-4-23(24)16-26/h3-5,8-13,16-17,32-33H,1-2,6-7,14-15,18-21H2,(H,38,43)(H,39,45)(H,40,41)/t32-,33-/m0/s1. The second-order valence-corrected chi connectivity index (χ2v) is 12.3. The number of likely N-dealkylation sites (tertiary alicyclic amines) is 1. The molecule has 242 valence electrons. The number of fused-ring (bicyclic) bond motifs is 8. The van der Waals surface area contributed by atoms with Crippen LogP contribution in [0.4, 0.5) is 4.39 Å². The summed E-state index contributed by atoms with van der Waals surface area (Å²) in [5.41, 5.74) is 5.41. The number of nitrogens with zero attached hydrogens (tertiary/aromatic N) is 2. The molecule has 3 N–H and O–H groups in total. The Morgan fingerprint density at radius 3 is 2.66 bits per heavy atom. The molecule has 6 bridgehead atoms. The highest BCUT2D eigenvalue weighted by molar-refractivity contribution is 5.96. The number of halogens is 1. The number of rotatable bonds is 3. The maximum Gasteiger partial charge on any atom is 0.258 e. The molecule has 1 aliphatic carbocycles. The van der Waals surface area contributed by atoms with Gasteiger partial charge in [-0.2, -0.15) is 5.10 Å². The number of aryl methyl sites for hydroxylation is 2. The smallest absolute Gasteiger partial charge is 0.258 e. The van der Waals surface area contributed by atoms with E-state index in [9.17, 15) is 14.4 Å². The minimum atomic E-state index is -0.668. The molecule has 1 aromatic heterocycles. The molecule has 11 heteroatoms. The molecule has 0 radical (unpaired) electrons. The van der Waals surface area contributed by atoms with Crippen molar-refractivity contribution in [3.63, 3.8) is 0 Å². The molecular formula is C36H36FN5O5. The number of aromatic nitrogens is 2. The Balaban J connectivity index is 1.14. The monoisotopic (exact) mass is 637 g/mol. The summed E-state index contributed by atoms with van der Waals surface area (Å²) in [7, 11) is 0. The second-order valence-electron chi connectivity index (χ2n) is 12.3. The highest BCUT2D eigenvalue weighted by Crippen LogP contribution is 2.28. The molecule has 1 fully saturated rings. The van der Waals surface area contributed by atoms with Crippen LogP contribution in [0.25, 0.3) is 11.1 Å². The van der Waals surface area contributed by atoms with Gasteiger partial charge in [-0.1, -0.05) is 30.3 Å². The van der Waals surface area contributed by atoms with E-state index < -0.39 is 23.9 Å². The van der Waals surface area contributed by atoms with E-state index in [1.807, 2.05) is 18.2 Å². The first kappa shape index (κ1) is 30.5. The highest BCUT2D eigenvalue weighted by Gasteiger charge is 2.38. The Morgan fingerprint density at radius 2 is 1.79 bits per heavy atom. The molecule has 3 amide bonds. The number of hydrogen-bond acceptors (Lipinski definition) is 6. The number of hydrogen-bond donors (Lipinski definition) is 3. The zero-order valence-electron chi connectivity index (χ0n) is 25.9. The van der Waals surface area contributed by atoms with Crippen LogP contribution >= 0.6 is 0 Å². The maximum atomic E-state index is 15.1. The topological polar surface area (TPSA) is 126 Å². The number of ether oxygens (including phenoxy) is 2. The minimum Gasteiger partial charge on any atom is -0.486 e. The molecule has 10 nitrogen and oxygen atoms in total. The van der Waals surface area contributed by atoms with Gasteiger partial charge in [-0.3, -0.25) is 19.5 Å². The first-order valence-corrected chi connectivity index (χ1v) is 16.1. The molecule has 2 atom stereocenters. The molecule has 3 aromatic carbocycles. The summed E-state index contributed by atoms with van der Waals surface area (Å²) in [6.07, 6.45) is 4.48. The number of aromatic amines is 1. The minimum absolute atomic E-state index is 0.0604. The lowest BCUT2D eigenvalue weighted by molar-refractivity contribution is -0.130. The third kappa shape index (κ3) is 6.84. The summed E-state index contributed by atoms with van der Waals surface area (Å²) in [6.45, 7) is 0.614. The van der Waals surface area contributed by atoms with Gasteiger partial charge in [0.05, 0.1) is 23.8 Å². The van der Waals surface area contributed by atoms with Gasteiger partial charge in [-0.25, -0.2) is 4.39 Å². The molecule has 4 aliphatic rings. The van der Waals surface area contributed by atoms with E-state index in [2.05, 4.69) is 20.8 Å². The summed E-state index contributed by atoms with van der Waals surface area (Å²) in [5.74, 6) is -0.597. The van der Waals surface area contributed by atoms with Crippen LogP contribution in [0.15, 0.2) is 66.7 Å². The average molecular weight is 638 g/mol. The van der Waals surface area contributed by atoms with Crippen LogP contribution in [0.1, 0.15) is 52.1 Å². The van der Waals surface area contributed by atoms with Crippen molar-refractivity contribution in [1.29, 1.82) is 0 Å². The van der Waals surface area contributed by atoms with Gasteiger partial charge in [0.1, 0.15) is 23.4 Å². The van der Waals surface area contributed by atoms with E-state index in [0.717, 1.165) is 36.9 Å². The van der Waals surface area contributed by atoms with E-state index in [0.29, 0.717) is 35.6 Å². The van der Waals surface area contributed by atoms with Crippen LogP contribution in [-0.2, 0) is 35.4 Å². The molecule has 1 saturated heterocycles. The number of benzene rings is 3. The number of nitrogens with one attached hydrogen (secondary N) is 3. The predicted molar refractivity (Wildman–Crippen MR) is 171 cm³/mol. The molecule has 0 unspecified atom stereocenters. The van der Waals surface area contributed by atoms with Crippen molar-refractivity contribution in [2.75, 3.05) is 19.7 Å². The van der Waals surface area contributed by atoms with Crippen molar-refractivity contribution in [3.8, 4) is 22.6 Å². The van der Waals surface area contributed by atoms with Crippen molar-refractivity contribution in [2.45, 2.75) is 57.2 Å². The summed E-state index contributed by atoms with van der Waals surface area (Å²) in [4.78, 5) is 41.3. The van der Waals surface area contributed by atoms with E-state index in [4.69, 9.17) is 9.47 Å². The summed E-state index contributed by atoms with van der Waals surface area (Å²) in [6, 6.07) is 18.1. The molecule has 4 aromatic rings. The lowest BCUT2D eigenvalue weighted by Crippen LogP contribution is -2.45. The summed E-state index contributed by atoms with van der Waals surface area (Å²) < 4.78 is 27.2. The van der Waals surface area contributed by atoms with Crippen LogP contribution in [0, 0.1) is 5.82 Å². The Bertz CT molecular complexity index is 1810. The fourth-order valence-electron chi connectivity index (χ4n) is 6.53. The largest absolute Gasteiger partial charge is 0.486 e. The molecule has 0 saturated carbocycles. The Kier molecular flexibility index (Phi) is 8.60. The van der Waals surface area contributed by atoms with Gasteiger partial charge in [0.15, 0.2) is 6.61 Å². The van der Waals surface area contributed by atoms with Gasteiger partial charge in [0.2, 0.25) is 5.91 Å². The lowest BCUT2D eigenvalue weighted by Gasteiger charge is -2.21. The predicted octanol–water partition coefficient (Wildman–Crippen LogP) is 4.12. The van der Waals surface area contributed by atoms with Gasteiger partial charge in [-0.05, 0) is 84.3 Å². The quantitative estimate of drug-likeness (QED) is 0.311. The summed E-state index contributed by atoms with van der Waals surface area (Å²) >= 11 is 0. The Labute approximate surface area is 271 Å². The maximum absolute atomic E-state index is 15.1. The average Bonchev–Trinajstić information content (AvgIpc) is 3.69. The van der Waals surface area contributed by atoms with Crippen LogP contribution in [0.3, 0.4) is 0 Å². The van der Waals surface area contributed by atoms with E-state index in [-0.39, 0.29) is 43.5 Å². The Hall–Kier alpha value is -5.19. The third-order valence-corrected chi connectivity index (χ3v) is 9.10. The molecule has 0 spiro atoms. The number of carbonyl (C=O) groups is 3. The number of H-pyrrole nitrogens is 1. The van der Waals surface area contributed by atoms with Gasteiger partial charge in [-0.15, -0.1) is 0 Å². The van der Waals surface area contributed by atoms with Gasteiger partial charge < -0.3 is 25.0 Å².